The van der Waals surface area contributed by atoms with E-state index in [2.05, 4.69) is 48.6 Å². The highest BCUT2D eigenvalue weighted by molar-refractivity contribution is 7.99. The summed E-state index contributed by atoms with van der Waals surface area (Å²) in [7, 11) is 0. The molecule has 0 atom stereocenters. The molecule has 0 fully saturated rings. The van der Waals surface area contributed by atoms with Gasteiger partial charge in [-0.1, -0.05) is 59.8 Å². The molecule has 26 heavy (non-hydrogen) atoms. The first kappa shape index (κ1) is 18.1. The fourth-order valence-corrected chi connectivity index (χ4v) is 3.42. The van der Waals surface area contributed by atoms with Crippen molar-refractivity contribution < 1.29 is 4.79 Å². The van der Waals surface area contributed by atoms with E-state index in [-0.39, 0.29) is 5.91 Å². The normalized spacial score (nSPS) is 10.5. The number of anilines is 1. The largest absolute Gasteiger partial charge is 0.398 e. The number of hydrogen-bond donors (Lipinski definition) is 2. The summed E-state index contributed by atoms with van der Waals surface area (Å²) in [5.74, 6) is -0.0977. The first-order valence-corrected chi connectivity index (χ1v) is 9.39. The fourth-order valence-electron chi connectivity index (χ4n) is 2.58. The Labute approximate surface area is 158 Å². The van der Waals surface area contributed by atoms with Crippen LogP contribution in [-0.4, -0.2) is 12.5 Å². The molecule has 0 bridgehead atoms. The van der Waals surface area contributed by atoms with Gasteiger partial charge in [0.05, 0.1) is 0 Å². The molecule has 0 radical (unpaired) electrons. The predicted octanol–water partition coefficient (Wildman–Crippen LogP) is 4.70. The summed E-state index contributed by atoms with van der Waals surface area (Å²) in [4.78, 5) is 14.4. The van der Waals surface area contributed by atoms with Crippen molar-refractivity contribution in [3.05, 3.63) is 89.5 Å². The van der Waals surface area contributed by atoms with Crippen molar-refractivity contribution >= 4 is 23.4 Å². The zero-order valence-electron chi connectivity index (χ0n) is 14.7. The number of rotatable bonds is 6. The van der Waals surface area contributed by atoms with Gasteiger partial charge >= 0.3 is 0 Å². The highest BCUT2D eigenvalue weighted by Crippen LogP contribution is 2.32. The Morgan fingerprint density at radius 2 is 1.73 bits per heavy atom. The molecular weight excluding hydrogens is 340 g/mol. The minimum Gasteiger partial charge on any atom is -0.398 e. The molecule has 0 aliphatic carbocycles. The van der Waals surface area contributed by atoms with Crippen molar-refractivity contribution in [2.24, 2.45) is 0 Å². The zero-order chi connectivity index (χ0) is 18.4. The minimum absolute atomic E-state index is 0.0977. The van der Waals surface area contributed by atoms with E-state index in [4.69, 9.17) is 5.73 Å². The quantitative estimate of drug-likeness (QED) is 0.625. The van der Waals surface area contributed by atoms with E-state index < -0.39 is 0 Å². The van der Waals surface area contributed by atoms with Gasteiger partial charge in [0.15, 0.2) is 0 Å². The van der Waals surface area contributed by atoms with Crippen LogP contribution < -0.4 is 11.1 Å². The van der Waals surface area contributed by atoms with Crippen LogP contribution in [0.15, 0.2) is 82.6 Å². The number of amides is 1. The third-order valence-corrected chi connectivity index (χ3v) is 5.16. The number of nitrogens with one attached hydrogen (secondary N) is 1. The van der Waals surface area contributed by atoms with E-state index in [0.717, 1.165) is 16.2 Å². The number of aryl methyl sites for hydroxylation is 1. The molecule has 3 aromatic rings. The highest BCUT2D eigenvalue weighted by Gasteiger charge is 2.09. The summed E-state index contributed by atoms with van der Waals surface area (Å²) in [5, 5.41) is 2.95. The molecule has 3 N–H and O–H groups in total. The average molecular weight is 362 g/mol. The van der Waals surface area contributed by atoms with Crippen LogP contribution in [0.5, 0.6) is 0 Å². The predicted molar refractivity (Wildman–Crippen MR) is 109 cm³/mol. The Balaban J connectivity index is 1.59. The molecular formula is C22H22N2OS. The number of nitrogen functional groups attached to an aromatic ring is 1. The van der Waals surface area contributed by atoms with Crippen molar-refractivity contribution in [3.8, 4) is 0 Å². The van der Waals surface area contributed by atoms with Crippen molar-refractivity contribution in [3.63, 3.8) is 0 Å². The topological polar surface area (TPSA) is 55.1 Å². The van der Waals surface area contributed by atoms with Crippen LogP contribution in [0, 0.1) is 6.92 Å². The summed E-state index contributed by atoms with van der Waals surface area (Å²) in [6.07, 6.45) is 0.809. The Hall–Kier alpha value is -2.72. The van der Waals surface area contributed by atoms with Gasteiger partial charge < -0.3 is 11.1 Å². The Bertz CT molecular complexity index is 876. The second-order valence-corrected chi connectivity index (χ2v) is 7.27. The number of hydrogen-bond acceptors (Lipinski definition) is 3. The van der Waals surface area contributed by atoms with Gasteiger partial charge in [-0.15, -0.1) is 0 Å². The van der Waals surface area contributed by atoms with E-state index in [1.54, 1.807) is 17.8 Å². The lowest BCUT2D eigenvalue weighted by Crippen LogP contribution is -2.25. The van der Waals surface area contributed by atoms with Crippen LogP contribution in [0.25, 0.3) is 0 Å². The second-order valence-electron chi connectivity index (χ2n) is 6.16. The molecule has 4 heteroatoms. The van der Waals surface area contributed by atoms with E-state index in [9.17, 15) is 4.79 Å². The van der Waals surface area contributed by atoms with Gasteiger partial charge in [0.2, 0.25) is 0 Å². The summed E-state index contributed by atoms with van der Waals surface area (Å²) >= 11 is 1.60. The Morgan fingerprint density at radius 3 is 2.42 bits per heavy atom. The molecule has 0 aliphatic heterocycles. The molecule has 0 aromatic heterocycles. The molecule has 0 saturated heterocycles. The summed E-state index contributed by atoms with van der Waals surface area (Å²) < 4.78 is 0. The summed E-state index contributed by atoms with van der Waals surface area (Å²) in [5.41, 5.74) is 9.79. The van der Waals surface area contributed by atoms with Crippen LogP contribution in [0.2, 0.25) is 0 Å². The zero-order valence-corrected chi connectivity index (χ0v) is 15.6. The van der Waals surface area contributed by atoms with Gasteiger partial charge in [0, 0.05) is 27.6 Å². The molecule has 0 spiro atoms. The third-order valence-electron chi connectivity index (χ3n) is 4.06. The molecule has 3 rings (SSSR count). The Kier molecular flexibility index (Phi) is 5.97. The average Bonchev–Trinajstić information content (AvgIpc) is 2.66. The fraction of sp³-hybridized carbons (Fsp3) is 0.136. The van der Waals surface area contributed by atoms with E-state index in [0.29, 0.717) is 17.8 Å². The first-order chi connectivity index (χ1) is 12.6. The molecule has 3 aromatic carbocycles. The Morgan fingerprint density at radius 1 is 1.00 bits per heavy atom. The van der Waals surface area contributed by atoms with E-state index in [1.165, 1.54) is 11.1 Å². The molecule has 1 amide bonds. The summed E-state index contributed by atoms with van der Waals surface area (Å²) in [6.45, 7) is 2.66. The van der Waals surface area contributed by atoms with Crippen LogP contribution in [0.1, 0.15) is 21.5 Å². The monoisotopic (exact) mass is 362 g/mol. The first-order valence-electron chi connectivity index (χ1n) is 8.58. The maximum Gasteiger partial charge on any atom is 0.251 e. The number of carbonyl (C=O) groups is 1. The molecule has 0 unspecified atom stereocenters. The lowest BCUT2D eigenvalue weighted by atomic mass is 10.1. The third kappa shape index (κ3) is 4.90. The van der Waals surface area contributed by atoms with Gasteiger partial charge in [-0.2, -0.15) is 0 Å². The van der Waals surface area contributed by atoms with Gasteiger partial charge in [0.25, 0.3) is 5.91 Å². The SMILES string of the molecule is Cc1ccc(Sc2ccc(C(=O)NCCc3ccccc3)cc2N)cc1. The minimum atomic E-state index is -0.0977. The molecule has 0 heterocycles. The lowest BCUT2D eigenvalue weighted by Gasteiger charge is -2.09. The van der Waals surface area contributed by atoms with Crippen molar-refractivity contribution in [1.82, 2.24) is 5.32 Å². The van der Waals surface area contributed by atoms with Gasteiger partial charge in [-0.3, -0.25) is 4.79 Å². The van der Waals surface area contributed by atoms with Crippen molar-refractivity contribution in [1.29, 1.82) is 0 Å². The van der Waals surface area contributed by atoms with Crippen molar-refractivity contribution in [2.45, 2.75) is 23.1 Å². The molecule has 132 valence electrons. The smallest absolute Gasteiger partial charge is 0.251 e. The van der Waals surface area contributed by atoms with Crippen LogP contribution >= 0.6 is 11.8 Å². The molecule has 0 aliphatic rings. The number of carbonyl (C=O) groups excluding carboxylic acids is 1. The molecule has 0 saturated carbocycles. The molecule has 3 nitrogen and oxygen atoms in total. The van der Waals surface area contributed by atoms with Gasteiger partial charge in [-0.05, 0) is 49.2 Å². The van der Waals surface area contributed by atoms with E-state index >= 15 is 0 Å². The standard InChI is InChI=1S/C22H22N2OS/c1-16-7-10-19(11-8-16)26-21-12-9-18(15-20(21)23)22(25)24-14-13-17-5-3-2-4-6-17/h2-12,15H,13-14,23H2,1H3,(H,24,25). The van der Waals surface area contributed by atoms with Crippen LogP contribution in [0.3, 0.4) is 0 Å². The maximum atomic E-state index is 12.3. The van der Waals surface area contributed by atoms with E-state index in [1.807, 2.05) is 30.3 Å². The van der Waals surface area contributed by atoms with Gasteiger partial charge in [-0.25, -0.2) is 0 Å². The number of benzene rings is 3. The number of nitrogens with two attached hydrogens (primary N) is 1. The van der Waals surface area contributed by atoms with Crippen LogP contribution in [0.4, 0.5) is 5.69 Å². The van der Waals surface area contributed by atoms with Gasteiger partial charge in [0.1, 0.15) is 0 Å². The summed E-state index contributed by atoms with van der Waals surface area (Å²) in [6, 6.07) is 23.9. The second kappa shape index (κ2) is 8.59. The lowest BCUT2D eigenvalue weighted by molar-refractivity contribution is 0.0954. The van der Waals surface area contributed by atoms with Crippen LogP contribution in [-0.2, 0) is 6.42 Å². The highest BCUT2D eigenvalue weighted by atomic mass is 32.2. The van der Waals surface area contributed by atoms with Crippen molar-refractivity contribution in [2.75, 3.05) is 12.3 Å². The maximum absolute atomic E-state index is 12.3.